The lowest BCUT2D eigenvalue weighted by molar-refractivity contribution is 0.433. The van der Waals surface area contributed by atoms with Crippen molar-refractivity contribution in [2.24, 2.45) is 0 Å². The van der Waals surface area contributed by atoms with Gasteiger partial charge in [0.2, 0.25) is 5.82 Å². The highest BCUT2D eigenvalue weighted by molar-refractivity contribution is 7.15. The van der Waals surface area contributed by atoms with Crippen molar-refractivity contribution < 1.29 is 4.52 Å². The molecule has 0 aliphatic heterocycles. The summed E-state index contributed by atoms with van der Waals surface area (Å²) in [5, 5.41) is 4.05. The van der Waals surface area contributed by atoms with Gasteiger partial charge < -0.3 is 10.3 Å². The fourth-order valence-electron chi connectivity index (χ4n) is 2.57. The molecular formula is C15H13N3OS. The molecule has 1 aromatic carbocycles. The molecule has 0 bridgehead atoms. The van der Waals surface area contributed by atoms with Gasteiger partial charge in [0.25, 0.3) is 5.89 Å². The Balaban J connectivity index is 1.73. The van der Waals surface area contributed by atoms with Crippen molar-refractivity contribution in [3.05, 3.63) is 40.8 Å². The summed E-state index contributed by atoms with van der Waals surface area (Å²) in [5.41, 5.74) is 8.85. The molecule has 0 radical (unpaired) electrons. The first-order valence-electron chi connectivity index (χ1n) is 6.62. The second kappa shape index (κ2) is 4.45. The van der Waals surface area contributed by atoms with Gasteiger partial charge in [-0.3, -0.25) is 0 Å². The van der Waals surface area contributed by atoms with Crippen LogP contribution in [0, 0.1) is 0 Å². The van der Waals surface area contributed by atoms with Crippen molar-refractivity contribution in [1.29, 1.82) is 0 Å². The Hall–Kier alpha value is -2.14. The summed E-state index contributed by atoms with van der Waals surface area (Å²) in [7, 11) is 0. The normalized spacial score (nSPS) is 13.6. The van der Waals surface area contributed by atoms with Crippen LogP contribution in [0.25, 0.3) is 22.2 Å². The topological polar surface area (TPSA) is 64.9 Å². The maximum Gasteiger partial charge on any atom is 0.268 e. The number of anilines is 1. The molecule has 1 aliphatic carbocycles. The van der Waals surface area contributed by atoms with Crippen molar-refractivity contribution in [2.75, 3.05) is 5.73 Å². The van der Waals surface area contributed by atoms with E-state index in [4.69, 9.17) is 10.3 Å². The molecular weight excluding hydrogens is 270 g/mol. The van der Waals surface area contributed by atoms with E-state index in [1.807, 2.05) is 24.3 Å². The van der Waals surface area contributed by atoms with Gasteiger partial charge in [-0.25, -0.2) is 0 Å². The molecule has 0 spiro atoms. The second-order valence-electron chi connectivity index (χ2n) is 4.92. The van der Waals surface area contributed by atoms with E-state index in [2.05, 4.69) is 16.2 Å². The van der Waals surface area contributed by atoms with Crippen molar-refractivity contribution in [1.82, 2.24) is 10.1 Å². The van der Waals surface area contributed by atoms with Crippen LogP contribution in [0.5, 0.6) is 0 Å². The zero-order chi connectivity index (χ0) is 13.5. The zero-order valence-electron chi connectivity index (χ0n) is 10.8. The van der Waals surface area contributed by atoms with Gasteiger partial charge in [0.15, 0.2) is 0 Å². The van der Waals surface area contributed by atoms with Crippen LogP contribution in [0.15, 0.2) is 34.9 Å². The summed E-state index contributed by atoms with van der Waals surface area (Å²) in [5.74, 6) is 1.13. The lowest BCUT2D eigenvalue weighted by Crippen LogP contribution is -1.90. The third-order valence-electron chi connectivity index (χ3n) is 3.59. The number of nitrogen functional groups attached to an aromatic ring is 1. The van der Waals surface area contributed by atoms with E-state index in [9.17, 15) is 0 Å². The highest BCUT2D eigenvalue weighted by Crippen LogP contribution is 2.36. The molecule has 2 aromatic heterocycles. The monoisotopic (exact) mass is 283 g/mol. The number of aromatic nitrogens is 2. The van der Waals surface area contributed by atoms with Crippen LogP contribution in [0.1, 0.15) is 16.9 Å². The van der Waals surface area contributed by atoms with Crippen molar-refractivity contribution in [3.63, 3.8) is 0 Å². The number of rotatable bonds is 2. The molecule has 0 saturated carbocycles. The minimum atomic E-state index is 0.548. The van der Waals surface area contributed by atoms with Gasteiger partial charge in [-0.2, -0.15) is 4.98 Å². The molecule has 4 nitrogen and oxygen atoms in total. The number of nitrogens with two attached hydrogens (primary N) is 1. The van der Waals surface area contributed by atoms with Gasteiger partial charge in [0, 0.05) is 16.1 Å². The lowest BCUT2D eigenvalue weighted by Gasteiger charge is -1.97. The van der Waals surface area contributed by atoms with Crippen LogP contribution in [0.3, 0.4) is 0 Å². The van der Waals surface area contributed by atoms with E-state index in [1.54, 1.807) is 11.3 Å². The van der Waals surface area contributed by atoms with Gasteiger partial charge in [0.05, 0.1) is 4.88 Å². The first kappa shape index (κ1) is 11.7. The molecule has 0 unspecified atom stereocenters. The first-order chi connectivity index (χ1) is 9.81. The predicted octanol–water partition coefficient (Wildman–Crippen LogP) is 3.54. The van der Waals surface area contributed by atoms with Crippen LogP contribution in [0.2, 0.25) is 0 Å². The van der Waals surface area contributed by atoms with E-state index in [0.717, 1.165) is 10.4 Å². The highest BCUT2D eigenvalue weighted by atomic mass is 32.1. The summed E-state index contributed by atoms with van der Waals surface area (Å²) in [6.07, 6.45) is 3.60. The summed E-state index contributed by atoms with van der Waals surface area (Å²) in [4.78, 5) is 6.99. The Labute approximate surface area is 120 Å². The number of hydrogen-bond donors (Lipinski definition) is 1. The second-order valence-corrected chi connectivity index (χ2v) is 6.06. The van der Waals surface area contributed by atoms with Crippen LogP contribution < -0.4 is 5.73 Å². The number of fused-ring (bicyclic) bond motifs is 1. The molecule has 20 heavy (non-hydrogen) atoms. The number of nitrogens with zero attached hydrogens (tertiary/aromatic N) is 2. The van der Waals surface area contributed by atoms with E-state index in [0.29, 0.717) is 17.4 Å². The maximum atomic E-state index is 5.94. The van der Waals surface area contributed by atoms with Crippen molar-refractivity contribution >= 4 is 17.0 Å². The minimum Gasteiger partial charge on any atom is -0.398 e. The van der Waals surface area contributed by atoms with Crippen molar-refractivity contribution in [3.8, 4) is 22.2 Å². The lowest BCUT2D eigenvalue weighted by atomic mass is 10.2. The van der Waals surface area contributed by atoms with Crippen LogP contribution in [0.4, 0.5) is 5.69 Å². The van der Waals surface area contributed by atoms with E-state index in [-0.39, 0.29) is 0 Å². The molecule has 3 aromatic rings. The van der Waals surface area contributed by atoms with E-state index in [1.165, 1.54) is 29.7 Å². The van der Waals surface area contributed by atoms with Gasteiger partial charge >= 0.3 is 0 Å². The summed E-state index contributed by atoms with van der Waals surface area (Å²) < 4.78 is 5.39. The van der Waals surface area contributed by atoms with Crippen LogP contribution in [-0.2, 0) is 12.8 Å². The zero-order valence-corrected chi connectivity index (χ0v) is 11.6. The molecule has 0 amide bonds. The third kappa shape index (κ3) is 1.82. The highest BCUT2D eigenvalue weighted by Gasteiger charge is 2.19. The minimum absolute atomic E-state index is 0.548. The number of hydrogen-bond acceptors (Lipinski definition) is 5. The number of para-hydroxylation sites is 1. The van der Waals surface area contributed by atoms with Gasteiger partial charge in [-0.05, 0) is 43.0 Å². The number of benzene rings is 1. The molecule has 100 valence electrons. The average molecular weight is 283 g/mol. The Kier molecular flexibility index (Phi) is 2.60. The van der Waals surface area contributed by atoms with Gasteiger partial charge in [-0.15, -0.1) is 11.3 Å². The Bertz CT molecular complexity index is 754. The summed E-state index contributed by atoms with van der Waals surface area (Å²) in [6.45, 7) is 0. The molecule has 0 fully saturated rings. The largest absolute Gasteiger partial charge is 0.398 e. The maximum absolute atomic E-state index is 5.94. The molecule has 5 heteroatoms. The van der Waals surface area contributed by atoms with E-state index < -0.39 is 0 Å². The summed E-state index contributed by atoms with van der Waals surface area (Å²) >= 11 is 1.76. The first-order valence-corrected chi connectivity index (χ1v) is 7.43. The third-order valence-corrected chi connectivity index (χ3v) is 4.81. The SMILES string of the molecule is Nc1ccccc1-c1noc(-c2cc3c(s2)CCC3)n1. The van der Waals surface area contributed by atoms with Gasteiger partial charge in [-0.1, -0.05) is 17.3 Å². The van der Waals surface area contributed by atoms with Crippen molar-refractivity contribution in [2.45, 2.75) is 19.3 Å². The van der Waals surface area contributed by atoms with E-state index >= 15 is 0 Å². The smallest absolute Gasteiger partial charge is 0.268 e. The fourth-order valence-corrected chi connectivity index (χ4v) is 3.74. The Morgan fingerprint density at radius 1 is 1.20 bits per heavy atom. The van der Waals surface area contributed by atoms with Crippen LogP contribution in [-0.4, -0.2) is 10.1 Å². The fraction of sp³-hybridized carbons (Fsp3) is 0.200. The predicted molar refractivity (Wildman–Crippen MR) is 79.5 cm³/mol. The molecule has 0 saturated heterocycles. The Morgan fingerprint density at radius 2 is 2.10 bits per heavy atom. The molecule has 4 rings (SSSR count). The quantitative estimate of drug-likeness (QED) is 0.731. The average Bonchev–Trinajstić information content (AvgIpc) is 3.13. The number of aryl methyl sites for hydroxylation is 2. The standard InChI is InChI=1S/C15H13N3OS/c16-11-6-2-1-5-10(11)14-17-15(19-18-14)13-8-9-4-3-7-12(9)20-13/h1-2,5-6,8H,3-4,7,16H2. The molecule has 0 atom stereocenters. The van der Waals surface area contributed by atoms with Gasteiger partial charge in [0.1, 0.15) is 0 Å². The summed E-state index contributed by atoms with van der Waals surface area (Å²) in [6, 6.07) is 9.73. The molecule has 2 N–H and O–H groups in total. The van der Waals surface area contributed by atoms with Crippen LogP contribution >= 0.6 is 11.3 Å². The molecule has 2 heterocycles. The Morgan fingerprint density at radius 3 is 2.95 bits per heavy atom. The number of thiophene rings is 1. The molecule has 1 aliphatic rings.